The van der Waals surface area contributed by atoms with Crippen LogP contribution >= 0.6 is 0 Å². The number of carboxylic acids is 2. The average molecular weight is 434 g/mol. The fraction of sp³-hybridized carbons (Fsp3) is 0.667. The van der Waals surface area contributed by atoms with Gasteiger partial charge in [0.2, 0.25) is 0 Å². The Morgan fingerprint density at radius 1 is 0.760 bits per heavy atom. The SMILES string of the molecule is NC(N)=NCCC[C@H](N)C(=O)[O-].NC(N)=NCCC[C@H](N)C(=O)[O-].[Sr+2]. The summed E-state index contributed by atoms with van der Waals surface area (Å²) in [5.41, 5.74) is 30.5. The van der Waals surface area contributed by atoms with E-state index in [2.05, 4.69) is 9.98 Å². The quantitative estimate of drug-likeness (QED) is 0.0820. The Morgan fingerprint density at radius 2 is 1.04 bits per heavy atom. The van der Waals surface area contributed by atoms with E-state index in [1.807, 2.05) is 0 Å². The van der Waals surface area contributed by atoms with Crippen molar-refractivity contribution < 1.29 is 19.8 Å². The van der Waals surface area contributed by atoms with Crippen LogP contribution in [0.15, 0.2) is 9.98 Å². The Morgan fingerprint density at radius 3 is 1.24 bits per heavy atom. The van der Waals surface area contributed by atoms with Crippen LogP contribution in [0.4, 0.5) is 0 Å². The van der Waals surface area contributed by atoms with Crippen molar-refractivity contribution in [3.05, 3.63) is 0 Å². The van der Waals surface area contributed by atoms with Crippen molar-refractivity contribution in [3.8, 4) is 0 Å². The number of aliphatic imine (C=N–C) groups is 2. The minimum absolute atomic E-state index is 0. The van der Waals surface area contributed by atoms with Crippen LogP contribution in [0.3, 0.4) is 0 Å². The van der Waals surface area contributed by atoms with E-state index in [9.17, 15) is 19.8 Å². The number of rotatable bonds is 10. The molecule has 140 valence electrons. The zero-order chi connectivity index (χ0) is 19.1. The first kappa shape index (κ1) is 28.7. The molecule has 0 amide bonds. The van der Waals surface area contributed by atoms with Gasteiger partial charge in [-0.3, -0.25) is 9.98 Å². The second-order valence-corrected chi connectivity index (χ2v) is 4.75. The molecule has 0 aromatic carbocycles. The first-order chi connectivity index (χ1) is 11.1. The van der Waals surface area contributed by atoms with Gasteiger partial charge < -0.3 is 54.2 Å². The van der Waals surface area contributed by atoms with Gasteiger partial charge in [0.1, 0.15) is 0 Å². The van der Waals surface area contributed by atoms with Gasteiger partial charge >= 0.3 is 45.5 Å². The topological polar surface area (TPSA) is 261 Å². The van der Waals surface area contributed by atoms with E-state index in [4.69, 9.17) is 34.4 Å². The van der Waals surface area contributed by atoms with Crippen molar-refractivity contribution in [2.24, 2.45) is 44.4 Å². The third kappa shape index (κ3) is 22.9. The van der Waals surface area contributed by atoms with Crippen molar-refractivity contribution in [3.63, 3.8) is 0 Å². The van der Waals surface area contributed by atoms with Gasteiger partial charge in [-0.25, -0.2) is 0 Å². The van der Waals surface area contributed by atoms with Crippen molar-refractivity contribution >= 4 is 69.3 Å². The number of nitrogens with two attached hydrogens (primary N) is 6. The van der Waals surface area contributed by atoms with Crippen molar-refractivity contribution in [2.75, 3.05) is 13.1 Å². The van der Waals surface area contributed by atoms with E-state index in [1.54, 1.807) is 0 Å². The van der Waals surface area contributed by atoms with Gasteiger partial charge in [0, 0.05) is 25.2 Å². The van der Waals surface area contributed by atoms with Gasteiger partial charge in [0.25, 0.3) is 0 Å². The molecule has 0 bridgehead atoms. The standard InChI is InChI=1S/2C6H14N4O2.Sr/c2*7-4(5(11)12)2-1-3-10-6(8)9;/h2*4H,1-3,7H2,(H,11,12)(H4,8,9,10);/q;;+2/p-2/t2*4-;/m00./s1. The van der Waals surface area contributed by atoms with E-state index in [0.29, 0.717) is 38.8 Å². The van der Waals surface area contributed by atoms with Crippen LogP contribution in [0.1, 0.15) is 25.7 Å². The van der Waals surface area contributed by atoms with Crippen LogP contribution in [0.25, 0.3) is 0 Å². The molecule has 0 heterocycles. The van der Waals surface area contributed by atoms with Crippen molar-refractivity contribution in [1.29, 1.82) is 0 Å². The monoisotopic (exact) mass is 434 g/mol. The molecule has 0 aromatic rings. The zero-order valence-corrected chi connectivity index (χ0v) is 17.6. The molecule has 25 heavy (non-hydrogen) atoms. The second-order valence-electron chi connectivity index (χ2n) is 4.75. The Balaban J connectivity index is -0.000000372. The molecule has 0 spiro atoms. The Kier molecular flexibility index (Phi) is 20.3. The van der Waals surface area contributed by atoms with E-state index >= 15 is 0 Å². The summed E-state index contributed by atoms with van der Waals surface area (Å²) in [6, 6.07) is -1.86. The number of hydrogen-bond acceptors (Lipinski definition) is 8. The van der Waals surface area contributed by atoms with Gasteiger partial charge in [0.15, 0.2) is 11.9 Å². The minimum atomic E-state index is -1.25. The summed E-state index contributed by atoms with van der Waals surface area (Å²) >= 11 is 0. The summed E-state index contributed by atoms with van der Waals surface area (Å²) in [4.78, 5) is 27.5. The molecule has 0 fully saturated rings. The number of carbonyl (C=O) groups is 2. The zero-order valence-electron chi connectivity index (χ0n) is 14.1. The molecule has 0 radical (unpaired) electrons. The number of hydrogen-bond donors (Lipinski definition) is 6. The number of carbonyl (C=O) groups excluding carboxylic acids is 2. The van der Waals surface area contributed by atoms with E-state index in [1.165, 1.54) is 0 Å². The smallest absolute Gasteiger partial charge is 0.548 e. The van der Waals surface area contributed by atoms with Crippen LogP contribution < -0.4 is 44.6 Å². The molecule has 0 unspecified atom stereocenters. The van der Waals surface area contributed by atoms with Crippen molar-refractivity contribution in [2.45, 2.75) is 37.8 Å². The van der Waals surface area contributed by atoms with E-state index < -0.39 is 24.0 Å². The Bertz CT molecular complexity index is 399. The normalized spacial score (nSPS) is 11.6. The maximum Gasteiger partial charge on any atom is 2.00 e. The van der Waals surface area contributed by atoms with Crippen LogP contribution in [0.2, 0.25) is 0 Å². The number of nitrogens with zero attached hydrogens (tertiary/aromatic N) is 2. The summed E-state index contributed by atoms with van der Waals surface area (Å²) < 4.78 is 0. The molecular formula is C12H26N8O4Sr. The fourth-order valence-corrected chi connectivity index (χ4v) is 1.27. The minimum Gasteiger partial charge on any atom is -0.548 e. The molecule has 0 aliphatic heterocycles. The number of aliphatic carboxylic acids is 2. The summed E-state index contributed by atoms with van der Waals surface area (Å²) in [5, 5.41) is 20.2. The molecule has 13 heteroatoms. The van der Waals surface area contributed by atoms with Gasteiger partial charge in [-0.15, -0.1) is 0 Å². The van der Waals surface area contributed by atoms with Crippen LogP contribution in [-0.2, 0) is 9.59 Å². The van der Waals surface area contributed by atoms with E-state index in [-0.39, 0.29) is 57.4 Å². The molecule has 0 aliphatic carbocycles. The molecule has 0 saturated carbocycles. The molecule has 0 saturated heterocycles. The number of carboxylic acid groups (broad SMARTS) is 2. The molecule has 12 nitrogen and oxygen atoms in total. The third-order valence-electron chi connectivity index (χ3n) is 2.54. The summed E-state index contributed by atoms with van der Waals surface area (Å²) in [5.74, 6) is -2.51. The average Bonchev–Trinajstić information content (AvgIpc) is 2.47. The van der Waals surface area contributed by atoms with Gasteiger partial charge in [-0.05, 0) is 25.7 Å². The van der Waals surface area contributed by atoms with Gasteiger partial charge in [0.05, 0.1) is 11.9 Å². The maximum atomic E-state index is 10.1. The van der Waals surface area contributed by atoms with E-state index in [0.717, 1.165) is 0 Å². The molecule has 0 aliphatic rings. The summed E-state index contributed by atoms with van der Waals surface area (Å²) in [6.45, 7) is 0.784. The predicted octanol–water partition coefficient (Wildman–Crippen LogP) is -6.15. The molecule has 2 atom stereocenters. The van der Waals surface area contributed by atoms with Crippen molar-refractivity contribution in [1.82, 2.24) is 0 Å². The van der Waals surface area contributed by atoms with Gasteiger partial charge in [-0.2, -0.15) is 0 Å². The third-order valence-corrected chi connectivity index (χ3v) is 2.54. The van der Waals surface area contributed by atoms with Gasteiger partial charge in [-0.1, -0.05) is 0 Å². The molecule has 0 aromatic heterocycles. The summed E-state index contributed by atoms with van der Waals surface area (Å²) in [7, 11) is 0. The Labute approximate surface area is 183 Å². The van der Waals surface area contributed by atoms with Crippen LogP contribution in [0, 0.1) is 0 Å². The molecular weight excluding hydrogens is 408 g/mol. The largest absolute Gasteiger partial charge is 2.00 e. The first-order valence-corrected chi connectivity index (χ1v) is 7.11. The Hall–Kier alpha value is -1.12. The first-order valence-electron chi connectivity index (χ1n) is 7.11. The molecule has 12 N–H and O–H groups in total. The fourth-order valence-electron chi connectivity index (χ4n) is 1.27. The van der Waals surface area contributed by atoms with Crippen LogP contribution in [-0.4, -0.2) is 94.5 Å². The predicted molar refractivity (Wildman–Crippen MR) is 91.5 cm³/mol. The maximum absolute atomic E-state index is 10.1. The van der Waals surface area contributed by atoms with Crippen LogP contribution in [0.5, 0.6) is 0 Å². The summed E-state index contributed by atoms with van der Waals surface area (Å²) in [6.07, 6.45) is 1.71. The number of guanidine groups is 2. The second kappa shape index (κ2) is 17.7. The molecule has 0 rings (SSSR count).